The van der Waals surface area contributed by atoms with Crippen LogP contribution in [0.3, 0.4) is 0 Å². The molecular weight excluding hydrogens is 438 g/mol. The van der Waals surface area contributed by atoms with Gasteiger partial charge >= 0.3 is 0 Å². The van der Waals surface area contributed by atoms with Gasteiger partial charge in [-0.25, -0.2) is 0 Å². The predicted octanol–water partition coefficient (Wildman–Crippen LogP) is 3.53. The van der Waals surface area contributed by atoms with Crippen molar-refractivity contribution in [3.8, 4) is 0 Å². The van der Waals surface area contributed by atoms with Gasteiger partial charge in [-0.05, 0) is 61.5 Å². The van der Waals surface area contributed by atoms with Gasteiger partial charge in [-0.1, -0.05) is 29.8 Å². The number of piperazine rings is 1. The van der Waals surface area contributed by atoms with E-state index in [1.807, 2.05) is 55.5 Å². The number of imide groups is 1. The summed E-state index contributed by atoms with van der Waals surface area (Å²) in [7, 11) is 2.14. The second-order valence-electron chi connectivity index (χ2n) is 9.13. The molecule has 0 saturated carbocycles. The molecule has 1 saturated heterocycles. The molecule has 5 rings (SSSR count). The Kier molecular flexibility index (Phi) is 6.33. The molecule has 1 N–H and O–H groups in total. The van der Waals surface area contributed by atoms with E-state index in [1.165, 1.54) is 4.90 Å². The first-order valence-corrected chi connectivity index (χ1v) is 11.9. The smallest absolute Gasteiger partial charge is 0.278 e. The van der Waals surface area contributed by atoms with Crippen LogP contribution >= 0.6 is 0 Å². The number of rotatable bonds is 6. The molecule has 0 radical (unpaired) electrons. The van der Waals surface area contributed by atoms with Gasteiger partial charge in [0.25, 0.3) is 11.8 Å². The lowest BCUT2D eigenvalue weighted by Gasteiger charge is -2.34. The molecule has 2 aliphatic heterocycles. The number of carbonyl (C=O) groups is 2. The Balaban J connectivity index is 1.43. The summed E-state index contributed by atoms with van der Waals surface area (Å²) in [6.45, 7) is 6.25. The van der Waals surface area contributed by atoms with E-state index in [0.29, 0.717) is 11.3 Å². The molecule has 3 aromatic rings. The summed E-state index contributed by atoms with van der Waals surface area (Å²) >= 11 is 0. The van der Waals surface area contributed by atoms with Crippen molar-refractivity contribution in [2.75, 3.05) is 43.4 Å². The van der Waals surface area contributed by atoms with Gasteiger partial charge in [0.1, 0.15) is 5.70 Å². The van der Waals surface area contributed by atoms with Gasteiger partial charge < -0.3 is 15.1 Å². The third kappa shape index (κ3) is 4.81. The van der Waals surface area contributed by atoms with Crippen LogP contribution in [0.4, 0.5) is 11.4 Å². The number of amides is 2. The van der Waals surface area contributed by atoms with Gasteiger partial charge in [-0.2, -0.15) is 0 Å². The Morgan fingerprint density at radius 1 is 0.829 bits per heavy atom. The van der Waals surface area contributed by atoms with E-state index in [9.17, 15) is 9.59 Å². The Hall–Kier alpha value is -3.97. The molecular formula is C28H29N5O2. The number of anilines is 2. The number of likely N-dealkylation sites (N-methyl/N-ethyl adjacent to an activating group) is 1. The van der Waals surface area contributed by atoms with Gasteiger partial charge in [0, 0.05) is 49.9 Å². The Morgan fingerprint density at radius 3 is 2.14 bits per heavy atom. The number of hydrogen-bond donors (Lipinski definition) is 1. The van der Waals surface area contributed by atoms with Crippen LogP contribution in [0.1, 0.15) is 16.7 Å². The van der Waals surface area contributed by atoms with Crippen molar-refractivity contribution in [3.63, 3.8) is 0 Å². The maximum atomic E-state index is 13.5. The zero-order chi connectivity index (χ0) is 24.4. The molecule has 7 heteroatoms. The first-order chi connectivity index (χ1) is 17.0. The minimum absolute atomic E-state index is 0.197. The van der Waals surface area contributed by atoms with Crippen LogP contribution in [0, 0.1) is 6.92 Å². The van der Waals surface area contributed by atoms with Gasteiger partial charge in [-0.3, -0.25) is 19.5 Å². The molecule has 0 unspecified atom stereocenters. The van der Waals surface area contributed by atoms with Crippen LogP contribution in [-0.4, -0.2) is 59.8 Å². The summed E-state index contributed by atoms with van der Waals surface area (Å²) in [4.78, 5) is 37.0. The molecule has 0 bridgehead atoms. The fourth-order valence-electron chi connectivity index (χ4n) is 4.46. The van der Waals surface area contributed by atoms with E-state index in [2.05, 4.69) is 39.3 Å². The molecule has 2 amide bonds. The third-order valence-electron chi connectivity index (χ3n) is 6.60. The summed E-state index contributed by atoms with van der Waals surface area (Å²) in [6, 6.07) is 19.4. The van der Waals surface area contributed by atoms with Gasteiger partial charge in [0.15, 0.2) is 0 Å². The number of nitrogens with one attached hydrogen (secondary N) is 1. The number of nitrogens with zero attached hydrogens (tertiary/aromatic N) is 4. The quantitative estimate of drug-likeness (QED) is 0.560. The normalized spacial score (nSPS) is 16.9. The van der Waals surface area contributed by atoms with Crippen LogP contribution in [0.15, 0.2) is 78.8 Å². The number of hydrogen-bond acceptors (Lipinski definition) is 6. The Bertz CT molecular complexity index is 1240. The number of aryl methyl sites for hydroxylation is 1. The lowest BCUT2D eigenvalue weighted by atomic mass is 10.0. The first kappa shape index (κ1) is 22.8. The molecule has 1 aromatic heterocycles. The van der Waals surface area contributed by atoms with Crippen molar-refractivity contribution in [2.24, 2.45) is 0 Å². The monoisotopic (exact) mass is 467 g/mol. The second-order valence-corrected chi connectivity index (χ2v) is 9.13. The molecule has 2 aromatic carbocycles. The molecule has 1 fully saturated rings. The molecule has 3 heterocycles. The van der Waals surface area contributed by atoms with Crippen molar-refractivity contribution < 1.29 is 9.59 Å². The highest BCUT2D eigenvalue weighted by molar-refractivity contribution is 6.36. The van der Waals surface area contributed by atoms with Crippen LogP contribution in [0.5, 0.6) is 0 Å². The average molecular weight is 468 g/mol. The standard InChI is InChI=1S/C28H29N5O2/c1-20-3-5-22(6-4-20)25-26(28(35)33(27(25)34)19-21-11-13-29-14-12-21)30-23-7-9-24(10-8-23)32-17-15-31(2)16-18-32/h3-14,30H,15-19H2,1-2H3. The molecule has 0 atom stereocenters. The maximum Gasteiger partial charge on any atom is 0.278 e. The Morgan fingerprint density at radius 2 is 1.49 bits per heavy atom. The summed E-state index contributed by atoms with van der Waals surface area (Å²) in [5.41, 5.74) is 5.30. The lowest BCUT2D eigenvalue weighted by molar-refractivity contribution is -0.137. The van der Waals surface area contributed by atoms with Crippen LogP contribution in [0.25, 0.3) is 5.57 Å². The zero-order valence-electron chi connectivity index (χ0n) is 20.1. The summed E-state index contributed by atoms with van der Waals surface area (Å²) in [5, 5.41) is 3.27. The average Bonchev–Trinajstić information content (AvgIpc) is 3.10. The third-order valence-corrected chi connectivity index (χ3v) is 6.60. The fraction of sp³-hybridized carbons (Fsp3) is 0.250. The molecule has 7 nitrogen and oxygen atoms in total. The van der Waals surface area contributed by atoms with Gasteiger partial charge in [0.05, 0.1) is 12.1 Å². The minimum Gasteiger partial charge on any atom is -0.369 e. The number of aromatic nitrogens is 1. The highest BCUT2D eigenvalue weighted by Gasteiger charge is 2.39. The number of pyridine rings is 1. The highest BCUT2D eigenvalue weighted by atomic mass is 16.2. The topological polar surface area (TPSA) is 68.8 Å². The first-order valence-electron chi connectivity index (χ1n) is 11.9. The maximum absolute atomic E-state index is 13.5. The molecule has 2 aliphatic rings. The minimum atomic E-state index is -0.328. The Labute approximate surface area is 205 Å². The SMILES string of the molecule is Cc1ccc(C2=C(Nc3ccc(N4CCN(C)CC4)cc3)C(=O)N(Cc3ccncc3)C2=O)cc1. The molecule has 178 valence electrons. The van der Waals surface area contributed by atoms with Crippen molar-refractivity contribution in [1.29, 1.82) is 0 Å². The predicted molar refractivity (Wildman–Crippen MR) is 138 cm³/mol. The van der Waals surface area contributed by atoms with E-state index >= 15 is 0 Å². The largest absolute Gasteiger partial charge is 0.369 e. The van der Waals surface area contributed by atoms with E-state index in [4.69, 9.17) is 0 Å². The molecule has 0 aliphatic carbocycles. The summed E-state index contributed by atoms with van der Waals surface area (Å²) in [6.07, 6.45) is 3.32. The summed E-state index contributed by atoms with van der Waals surface area (Å²) in [5.74, 6) is -0.627. The van der Waals surface area contributed by atoms with E-state index in [-0.39, 0.29) is 18.4 Å². The second kappa shape index (κ2) is 9.72. The van der Waals surface area contributed by atoms with Gasteiger partial charge in [0.2, 0.25) is 0 Å². The number of benzene rings is 2. The van der Waals surface area contributed by atoms with Crippen molar-refractivity contribution >= 4 is 28.8 Å². The lowest BCUT2D eigenvalue weighted by Crippen LogP contribution is -2.44. The van der Waals surface area contributed by atoms with E-state index in [1.54, 1.807) is 12.4 Å². The van der Waals surface area contributed by atoms with Crippen LogP contribution in [0.2, 0.25) is 0 Å². The van der Waals surface area contributed by atoms with Crippen molar-refractivity contribution in [2.45, 2.75) is 13.5 Å². The number of carbonyl (C=O) groups excluding carboxylic acids is 2. The zero-order valence-corrected chi connectivity index (χ0v) is 20.1. The van der Waals surface area contributed by atoms with Crippen molar-refractivity contribution in [3.05, 3.63) is 95.4 Å². The van der Waals surface area contributed by atoms with Crippen molar-refractivity contribution in [1.82, 2.24) is 14.8 Å². The van der Waals surface area contributed by atoms with E-state index < -0.39 is 0 Å². The van der Waals surface area contributed by atoms with E-state index in [0.717, 1.165) is 54.2 Å². The van der Waals surface area contributed by atoms with Gasteiger partial charge in [-0.15, -0.1) is 0 Å². The highest BCUT2D eigenvalue weighted by Crippen LogP contribution is 2.32. The fourth-order valence-corrected chi connectivity index (χ4v) is 4.46. The molecule has 35 heavy (non-hydrogen) atoms. The summed E-state index contributed by atoms with van der Waals surface area (Å²) < 4.78 is 0. The van der Waals surface area contributed by atoms with Crippen LogP contribution in [-0.2, 0) is 16.1 Å². The molecule has 0 spiro atoms. The van der Waals surface area contributed by atoms with Crippen LogP contribution < -0.4 is 10.2 Å².